The van der Waals surface area contributed by atoms with Gasteiger partial charge in [-0.25, -0.2) is 8.78 Å². The van der Waals surface area contributed by atoms with Gasteiger partial charge in [0.15, 0.2) is 11.6 Å². The van der Waals surface area contributed by atoms with Crippen LogP contribution in [0.5, 0.6) is 0 Å². The lowest BCUT2D eigenvalue weighted by Crippen LogP contribution is -2.07. The fourth-order valence-corrected chi connectivity index (χ4v) is 1.56. The van der Waals surface area contributed by atoms with Gasteiger partial charge in [-0.1, -0.05) is 13.8 Å². The summed E-state index contributed by atoms with van der Waals surface area (Å²) in [5.41, 5.74) is -0.887. The van der Waals surface area contributed by atoms with E-state index in [1.165, 1.54) is 0 Å². The molecule has 0 aromatic heterocycles. The molecule has 0 fully saturated rings. The van der Waals surface area contributed by atoms with Crippen molar-refractivity contribution in [1.29, 1.82) is 0 Å². The van der Waals surface area contributed by atoms with Crippen molar-refractivity contribution >= 4 is 11.4 Å². The number of nitro benzene ring substituents is 1. The number of nitrogens with zero attached hydrogens (tertiary/aromatic N) is 1. The number of benzene rings is 1. The normalized spacial score (nSPS) is 10.7. The van der Waals surface area contributed by atoms with Crippen LogP contribution in [0.3, 0.4) is 0 Å². The maximum Gasteiger partial charge on any atom is 0.275 e. The molecule has 0 unspecified atom stereocenters. The van der Waals surface area contributed by atoms with Gasteiger partial charge in [-0.05, 0) is 18.8 Å². The lowest BCUT2D eigenvalue weighted by atomic mass is 10.1. The number of hydrogen-bond donors (Lipinski definition) is 1. The average molecular weight is 258 g/mol. The van der Waals surface area contributed by atoms with E-state index in [1.54, 1.807) is 0 Å². The molecule has 1 N–H and O–H groups in total. The Balaban J connectivity index is 2.69. The summed E-state index contributed by atoms with van der Waals surface area (Å²) < 4.78 is 26.9. The number of hydrogen-bond acceptors (Lipinski definition) is 3. The van der Waals surface area contributed by atoms with Crippen molar-refractivity contribution in [3.63, 3.8) is 0 Å². The van der Waals surface area contributed by atoms with Crippen molar-refractivity contribution in [2.45, 2.75) is 26.7 Å². The molecule has 0 aliphatic heterocycles. The number of rotatable bonds is 6. The van der Waals surface area contributed by atoms with Gasteiger partial charge >= 0.3 is 0 Å². The minimum Gasteiger partial charge on any atom is -0.380 e. The Hall–Kier alpha value is -1.72. The molecular formula is C12H16F2N2O2. The van der Waals surface area contributed by atoms with Gasteiger partial charge in [0.2, 0.25) is 0 Å². The Morgan fingerprint density at radius 2 is 1.89 bits per heavy atom. The van der Waals surface area contributed by atoms with E-state index in [1.807, 2.05) is 0 Å². The summed E-state index contributed by atoms with van der Waals surface area (Å²) in [5, 5.41) is 13.0. The molecule has 0 heterocycles. The van der Waals surface area contributed by atoms with Gasteiger partial charge in [-0.15, -0.1) is 0 Å². The monoisotopic (exact) mass is 258 g/mol. The lowest BCUT2D eigenvalue weighted by Gasteiger charge is -2.09. The van der Waals surface area contributed by atoms with Gasteiger partial charge in [0, 0.05) is 6.54 Å². The summed E-state index contributed by atoms with van der Waals surface area (Å²) in [7, 11) is 0. The quantitative estimate of drug-likeness (QED) is 0.480. The Morgan fingerprint density at radius 1 is 1.33 bits per heavy atom. The molecular weight excluding hydrogens is 242 g/mol. The van der Waals surface area contributed by atoms with Crippen LogP contribution in [0.25, 0.3) is 0 Å². The molecule has 1 aromatic carbocycles. The number of anilines is 1. The van der Waals surface area contributed by atoms with Crippen molar-refractivity contribution in [3.05, 3.63) is 33.9 Å². The molecule has 0 saturated heterocycles. The first kappa shape index (κ1) is 14.3. The highest BCUT2D eigenvalue weighted by atomic mass is 19.1. The van der Waals surface area contributed by atoms with Crippen LogP contribution in [-0.2, 0) is 0 Å². The molecule has 0 spiro atoms. The summed E-state index contributed by atoms with van der Waals surface area (Å²) in [6.45, 7) is 4.56. The van der Waals surface area contributed by atoms with E-state index < -0.39 is 22.2 Å². The van der Waals surface area contributed by atoms with Crippen LogP contribution in [0.2, 0.25) is 0 Å². The van der Waals surface area contributed by atoms with Crippen LogP contribution in [0.15, 0.2) is 12.1 Å². The molecule has 0 amide bonds. The highest BCUT2D eigenvalue weighted by Crippen LogP contribution is 2.24. The second kappa shape index (κ2) is 6.28. The number of halogens is 2. The van der Waals surface area contributed by atoms with Crippen LogP contribution in [0.4, 0.5) is 20.2 Å². The maximum atomic E-state index is 13.5. The van der Waals surface area contributed by atoms with E-state index >= 15 is 0 Å². The van der Waals surface area contributed by atoms with Gasteiger partial charge in [0.05, 0.1) is 17.1 Å². The summed E-state index contributed by atoms with van der Waals surface area (Å²) >= 11 is 0. The lowest BCUT2D eigenvalue weighted by molar-refractivity contribution is -0.385. The molecule has 0 radical (unpaired) electrons. The fourth-order valence-electron chi connectivity index (χ4n) is 1.56. The zero-order chi connectivity index (χ0) is 13.7. The topological polar surface area (TPSA) is 55.2 Å². The van der Waals surface area contributed by atoms with Crippen LogP contribution < -0.4 is 5.32 Å². The highest BCUT2D eigenvalue weighted by Gasteiger charge is 2.16. The smallest absolute Gasteiger partial charge is 0.275 e. The third kappa shape index (κ3) is 3.94. The molecule has 0 atom stereocenters. The number of nitrogens with one attached hydrogen (secondary N) is 1. The fraction of sp³-hybridized carbons (Fsp3) is 0.500. The van der Waals surface area contributed by atoms with Gasteiger partial charge in [0.1, 0.15) is 5.69 Å². The largest absolute Gasteiger partial charge is 0.380 e. The van der Waals surface area contributed by atoms with Crippen LogP contribution >= 0.6 is 0 Å². The van der Waals surface area contributed by atoms with Crippen molar-refractivity contribution < 1.29 is 13.7 Å². The van der Waals surface area contributed by atoms with Crippen molar-refractivity contribution in [2.24, 2.45) is 5.92 Å². The molecule has 0 aliphatic carbocycles. The van der Waals surface area contributed by atoms with Crippen molar-refractivity contribution in [3.8, 4) is 0 Å². The predicted molar refractivity (Wildman–Crippen MR) is 65.6 cm³/mol. The number of nitro groups is 1. The molecule has 100 valence electrons. The third-order valence-electron chi connectivity index (χ3n) is 2.50. The second-order valence-corrected chi connectivity index (χ2v) is 4.50. The SMILES string of the molecule is CC(C)CCCNc1c(F)cc([N+](=O)[O-])cc1F. The Kier molecular flexibility index (Phi) is 5.00. The Labute approximate surface area is 104 Å². The minimum atomic E-state index is -0.939. The minimum absolute atomic E-state index is 0.302. The van der Waals surface area contributed by atoms with Crippen molar-refractivity contribution in [2.75, 3.05) is 11.9 Å². The molecule has 0 saturated carbocycles. The van der Waals surface area contributed by atoms with Gasteiger partial charge in [-0.2, -0.15) is 0 Å². The van der Waals surface area contributed by atoms with E-state index in [0.29, 0.717) is 24.6 Å². The molecule has 1 rings (SSSR count). The summed E-state index contributed by atoms with van der Waals surface area (Å²) in [5.74, 6) is -1.35. The molecule has 0 aliphatic rings. The molecule has 4 nitrogen and oxygen atoms in total. The molecule has 6 heteroatoms. The first-order chi connectivity index (χ1) is 8.41. The van der Waals surface area contributed by atoms with E-state index in [-0.39, 0.29) is 5.69 Å². The first-order valence-electron chi connectivity index (χ1n) is 5.79. The molecule has 0 bridgehead atoms. The second-order valence-electron chi connectivity index (χ2n) is 4.50. The zero-order valence-corrected chi connectivity index (χ0v) is 10.4. The first-order valence-corrected chi connectivity index (χ1v) is 5.79. The Morgan fingerprint density at radius 3 is 2.33 bits per heavy atom. The summed E-state index contributed by atoms with van der Waals surface area (Å²) in [6, 6.07) is 1.43. The van der Waals surface area contributed by atoms with Gasteiger partial charge in [-0.3, -0.25) is 10.1 Å². The summed E-state index contributed by atoms with van der Waals surface area (Å²) in [4.78, 5) is 9.58. The zero-order valence-electron chi connectivity index (χ0n) is 10.4. The van der Waals surface area contributed by atoms with Gasteiger partial charge < -0.3 is 5.32 Å². The van der Waals surface area contributed by atoms with E-state index in [0.717, 1.165) is 12.8 Å². The van der Waals surface area contributed by atoms with Gasteiger partial charge in [0.25, 0.3) is 5.69 Å². The van der Waals surface area contributed by atoms with Crippen LogP contribution in [0, 0.1) is 27.7 Å². The molecule has 18 heavy (non-hydrogen) atoms. The predicted octanol–water partition coefficient (Wildman–Crippen LogP) is 3.72. The van der Waals surface area contributed by atoms with E-state index in [2.05, 4.69) is 19.2 Å². The van der Waals surface area contributed by atoms with Crippen LogP contribution in [-0.4, -0.2) is 11.5 Å². The Bertz CT molecular complexity index is 413. The third-order valence-corrected chi connectivity index (χ3v) is 2.50. The number of non-ortho nitro benzene ring substituents is 1. The average Bonchev–Trinajstić information content (AvgIpc) is 2.26. The highest BCUT2D eigenvalue weighted by molar-refractivity contribution is 5.51. The van der Waals surface area contributed by atoms with E-state index in [4.69, 9.17) is 0 Å². The van der Waals surface area contributed by atoms with Crippen LogP contribution in [0.1, 0.15) is 26.7 Å². The molecule has 1 aromatic rings. The van der Waals surface area contributed by atoms with Crippen molar-refractivity contribution in [1.82, 2.24) is 0 Å². The van der Waals surface area contributed by atoms with E-state index in [9.17, 15) is 18.9 Å². The summed E-state index contributed by atoms with van der Waals surface area (Å²) in [6.07, 6.45) is 1.73. The maximum absolute atomic E-state index is 13.5. The standard InChI is InChI=1S/C12H16F2N2O2/c1-8(2)4-3-5-15-12-10(13)6-9(16(17)18)7-11(12)14/h6-8,15H,3-5H2,1-2H3.